The Morgan fingerprint density at radius 3 is 2.00 bits per heavy atom. The van der Waals surface area contributed by atoms with E-state index < -0.39 is 11.8 Å². The summed E-state index contributed by atoms with van der Waals surface area (Å²) in [5.74, 6) is -0.824. The van der Waals surface area contributed by atoms with Gasteiger partial charge in [-0.1, -0.05) is 6.92 Å². The summed E-state index contributed by atoms with van der Waals surface area (Å²) in [5.41, 5.74) is 10.4. The van der Waals surface area contributed by atoms with E-state index in [0.717, 1.165) is 32.2 Å². The Hall–Kier alpha value is -1.14. The zero-order valence-corrected chi connectivity index (χ0v) is 11.0. The van der Waals surface area contributed by atoms with Gasteiger partial charge in [0.15, 0.2) is 0 Å². The van der Waals surface area contributed by atoms with Crippen molar-refractivity contribution in [3.8, 4) is 0 Å². The zero-order chi connectivity index (χ0) is 13.5. The summed E-state index contributed by atoms with van der Waals surface area (Å²) in [6.45, 7) is 3.29. The van der Waals surface area contributed by atoms with Crippen LogP contribution in [0.2, 0.25) is 0 Å². The van der Waals surface area contributed by atoms with E-state index in [9.17, 15) is 9.59 Å². The molecule has 1 rings (SSSR count). The Bertz CT molecular complexity index is 272. The smallest absolute Gasteiger partial charge is 0.231 e. The fraction of sp³-hybridized carbons (Fsp3) is 0.833. The molecule has 0 saturated heterocycles. The number of carbonyl (C=O) groups is 2. The molecule has 0 aliphatic heterocycles. The zero-order valence-electron chi connectivity index (χ0n) is 11.0. The fourth-order valence-corrected chi connectivity index (χ4v) is 2.65. The summed E-state index contributed by atoms with van der Waals surface area (Å²) in [7, 11) is 0. The Morgan fingerprint density at radius 1 is 1.11 bits per heavy atom. The van der Waals surface area contributed by atoms with Crippen LogP contribution in [0, 0.1) is 0 Å². The molecule has 5 N–H and O–H groups in total. The van der Waals surface area contributed by atoms with Crippen LogP contribution >= 0.6 is 0 Å². The van der Waals surface area contributed by atoms with Crippen LogP contribution in [-0.2, 0) is 9.59 Å². The summed E-state index contributed by atoms with van der Waals surface area (Å²) < 4.78 is 0. The quantitative estimate of drug-likeness (QED) is 0.554. The maximum absolute atomic E-state index is 11.0. The van der Waals surface area contributed by atoms with Crippen LogP contribution < -0.4 is 16.8 Å². The molecule has 6 nitrogen and oxygen atoms in total. The highest BCUT2D eigenvalue weighted by atomic mass is 16.2. The summed E-state index contributed by atoms with van der Waals surface area (Å²) in [6.07, 6.45) is 4.06. The van der Waals surface area contributed by atoms with Crippen molar-refractivity contribution in [2.24, 2.45) is 11.5 Å². The standard InChI is InChI=1S/C12H24N4O2/c1-2-15-9-3-5-10(6-4-9)16(7-11(13)17)8-12(14)18/h9-10,15H,2-8H2,1H3,(H2,13,17)(H2,14,18). The molecule has 104 valence electrons. The topological polar surface area (TPSA) is 101 Å². The maximum atomic E-state index is 11.0. The van der Waals surface area contributed by atoms with Crippen LogP contribution in [0.4, 0.5) is 0 Å². The molecular formula is C12H24N4O2. The normalized spacial score (nSPS) is 24.1. The molecule has 0 radical (unpaired) electrons. The molecule has 0 spiro atoms. The van der Waals surface area contributed by atoms with Crippen molar-refractivity contribution in [3.05, 3.63) is 0 Å². The molecule has 0 aromatic rings. The molecule has 1 aliphatic rings. The second-order valence-corrected chi connectivity index (χ2v) is 4.90. The fourth-order valence-electron chi connectivity index (χ4n) is 2.65. The lowest BCUT2D eigenvalue weighted by atomic mass is 9.90. The molecule has 6 heteroatoms. The lowest BCUT2D eigenvalue weighted by Crippen LogP contribution is -2.48. The second kappa shape index (κ2) is 7.33. The second-order valence-electron chi connectivity index (χ2n) is 4.90. The van der Waals surface area contributed by atoms with Crippen molar-refractivity contribution in [1.29, 1.82) is 0 Å². The number of primary amides is 2. The minimum Gasteiger partial charge on any atom is -0.369 e. The number of hydrogen-bond donors (Lipinski definition) is 3. The van der Waals surface area contributed by atoms with Crippen molar-refractivity contribution < 1.29 is 9.59 Å². The Morgan fingerprint density at radius 2 is 1.61 bits per heavy atom. The van der Waals surface area contributed by atoms with Crippen LogP contribution in [0.15, 0.2) is 0 Å². The Balaban J connectivity index is 2.48. The molecule has 0 atom stereocenters. The molecule has 0 aromatic heterocycles. The molecular weight excluding hydrogens is 232 g/mol. The van der Waals surface area contributed by atoms with Gasteiger partial charge in [-0.3, -0.25) is 14.5 Å². The molecule has 2 amide bonds. The lowest BCUT2D eigenvalue weighted by Gasteiger charge is -2.35. The summed E-state index contributed by atoms with van der Waals surface area (Å²) in [6, 6.07) is 0.787. The first kappa shape index (κ1) is 14.9. The molecule has 0 aromatic carbocycles. The summed E-state index contributed by atoms with van der Waals surface area (Å²) >= 11 is 0. The molecule has 1 fully saturated rings. The van der Waals surface area contributed by atoms with E-state index in [-0.39, 0.29) is 19.1 Å². The minimum atomic E-state index is -0.412. The van der Waals surface area contributed by atoms with Crippen LogP contribution in [-0.4, -0.2) is 48.4 Å². The van der Waals surface area contributed by atoms with Crippen LogP contribution in [0.3, 0.4) is 0 Å². The van der Waals surface area contributed by atoms with E-state index in [2.05, 4.69) is 12.2 Å². The van der Waals surface area contributed by atoms with Crippen molar-refractivity contribution in [3.63, 3.8) is 0 Å². The highest BCUT2D eigenvalue weighted by Crippen LogP contribution is 2.22. The lowest BCUT2D eigenvalue weighted by molar-refractivity contribution is -0.123. The third-order valence-electron chi connectivity index (χ3n) is 3.42. The Labute approximate surface area is 108 Å². The van der Waals surface area contributed by atoms with Crippen molar-refractivity contribution >= 4 is 11.8 Å². The summed E-state index contributed by atoms with van der Waals surface area (Å²) in [5, 5.41) is 3.42. The van der Waals surface area contributed by atoms with Gasteiger partial charge in [-0.25, -0.2) is 0 Å². The SMILES string of the molecule is CCNC1CCC(N(CC(N)=O)CC(N)=O)CC1. The monoisotopic (exact) mass is 256 g/mol. The van der Waals surface area contributed by atoms with E-state index in [1.54, 1.807) is 0 Å². The largest absolute Gasteiger partial charge is 0.369 e. The highest BCUT2D eigenvalue weighted by molar-refractivity contribution is 5.79. The number of amides is 2. The van der Waals surface area contributed by atoms with Gasteiger partial charge in [0, 0.05) is 12.1 Å². The number of nitrogens with zero attached hydrogens (tertiary/aromatic N) is 1. The first-order chi connectivity index (χ1) is 8.52. The van der Waals surface area contributed by atoms with Crippen molar-refractivity contribution in [1.82, 2.24) is 10.2 Å². The minimum absolute atomic E-state index is 0.111. The number of hydrogen-bond acceptors (Lipinski definition) is 4. The molecule has 18 heavy (non-hydrogen) atoms. The van der Waals surface area contributed by atoms with Crippen molar-refractivity contribution in [2.45, 2.75) is 44.7 Å². The average molecular weight is 256 g/mol. The first-order valence-electron chi connectivity index (χ1n) is 6.57. The number of nitrogens with one attached hydrogen (secondary N) is 1. The van der Waals surface area contributed by atoms with Crippen LogP contribution in [0.1, 0.15) is 32.6 Å². The molecule has 1 aliphatic carbocycles. The molecule has 0 unspecified atom stereocenters. The van der Waals surface area contributed by atoms with Gasteiger partial charge in [0.25, 0.3) is 0 Å². The maximum Gasteiger partial charge on any atom is 0.231 e. The number of rotatable bonds is 7. The van der Waals surface area contributed by atoms with Gasteiger partial charge >= 0.3 is 0 Å². The average Bonchev–Trinajstić information content (AvgIpc) is 2.28. The molecule has 0 heterocycles. The molecule has 1 saturated carbocycles. The van der Waals surface area contributed by atoms with Gasteiger partial charge in [0.05, 0.1) is 13.1 Å². The van der Waals surface area contributed by atoms with E-state index in [4.69, 9.17) is 11.5 Å². The summed E-state index contributed by atoms with van der Waals surface area (Å²) in [4.78, 5) is 23.8. The predicted molar refractivity (Wildman–Crippen MR) is 69.7 cm³/mol. The van der Waals surface area contributed by atoms with E-state index >= 15 is 0 Å². The van der Waals surface area contributed by atoms with E-state index in [1.165, 1.54) is 0 Å². The number of nitrogens with two attached hydrogens (primary N) is 2. The van der Waals surface area contributed by atoms with Crippen LogP contribution in [0.25, 0.3) is 0 Å². The third-order valence-corrected chi connectivity index (χ3v) is 3.42. The van der Waals surface area contributed by atoms with E-state index in [1.807, 2.05) is 4.90 Å². The van der Waals surface area contributed by atoms with Gasteiger partial charge in [-0.05, 0) is 32.2 Å². The van der Waals surface area contributed by atoms with Gasteiger partial charge in [-0.15, -0.1) is 0 Å². The Kier molecular flexibility index (Phi) is 6.07. The highest BCUT2D eigenvalue weighted by Gasteiger charge is 2.27. The molecule has 0 bridgehead atoms. The van der Waals surface area contributed by atoms with Gasteiger partial charge in [0.1, 0.15) is 0 Å². The predicted octanol–water partition coefficient (Wildman–Crippen LogP) is -0.820. The van der Waals surface area contributed by atoms with Gasteiger partial charge < -0.3 is 16.8 Å². The van der Waals surface area contributed by atoms with Gasteiger partial charge in [0.2, 0.25) is 11.8 Å². The van der Waals surface area contributed by atoms with Gasteiger partial charge in [-0.2, -0.15) is 0 Å². The number of carbonyl (C=O) groups excluding carboxylic acids is 2. The third kappa shape index (κ3) is 5.01. The van der Waals surface area contributed by atoms with Crippen LogP contribution in [0.5, 0.6) is 0 Å². The van der Waals surface area contributed by atoms with Crippen molar-refractivity contribution in [2.75, 3.05) is 19.6 Å². The first-order valence-corrected chi connectivity index (χ1v) is 6.57. The van der Waals surface area contributed by atoms with E-state index in [0.29, 0.717) is 6.04 Å².